The Labute approximate surface area is 181 Å². The highest BCUT2D eigenvalue weighted by molar-refractivity contribution is 6.30. The van der Waals surface area contributed by atoms with Gasteiger partial charge in [0, 0.05) is 18.1 Å². The molecule has 1 saturated heterocycles. The summed E-state index contributed by atoms with van der Waals surface area (Å²) in [6.45, 7) is 2.81. The summed E-state index contributed by atoms with van der Waals surface area (Å²) in [4.78, 5) is 26.7. The van der Waals surface area contributed by atoms with Crippen molar-refractivity contribution in [3.8, 4) is 0 Å². The largest absolute Gasteiger partial charge is 0.445 e. The molecule has 30 heavy (non-hydrogen) atoms. The first-order valence-electron chi connectivity index (χ1n) is 10.2. The molecule has 2 N–H and O–H groups in total. The zero-order chi connectivity index (χ0) is 21.6. The molecule has 0 spiro atoms. The van der Waals surface area contributed by atoms with Crippen LogP contribution in [0.2, 0.25) is 5.02 Å². The van der Waals surface area contributed by atoms with Gasteiger partial charge < -0.3 is 20.1 Å². The van der Waals surface area contributed by atoms with E-state index in [2.05, 4.69) is 5.32 Å². The van der Waals surface area contributed by atoms with Gasteiger partial charge in [-0.2, -0.15) is 0 Å². The molecule has 0 radical (unpaired) electrons. The van der Waals surface area contributed by atoms with Gasteiger partial charge in [0.1, 0.15) is 12.6 Å². The van der Waals surface area contributed by atoms with Gasteiger partial charge >= 0.3 is 6.09 Å². The number of nitrogens with zero attached hydrogens (tertiary/aromatic N) is 1. The van der Waals surface area contributed by atoms with Crippen molar-refractivity contribution in [1.82, 2.24) is 10.2 Å². The molecule has 6 nitrogen and oxygen atoms in total. The number of ether oxygens (including phenoxy) is 1. The van der Waals surface area contributed by atoms with Gasteiger partial charge in [-0.25, -0.2) is 4.79 Å². The molecule has 0 aliphatic carbocycles. The molecular formula is C23H27ClN2O4. The topological polar surface area (TPSA) is 78.9 Å². The number of likely N-dealkylation sites (tertiary alicyclic amines) is 1. The van der Waals surface area contributed by atoms with E-state index in [4.69, 9.17) is 16.3 Å². The number of nitrogens with one attached hydrogen (secondary N) is 1. The predicted octanol–water partition coefficient (Wildman–Crippen LogP) is 3.86. The number of hydrogen-bond donors (Lipinski definition) is 2. The molecule has 1 aliphatic heterocycles. The van der Waals surface area contributed by atoms with Crippen LogP contribution in [-0.4, -0.2) is 41.1 Å². The van der Waals surface area contributed by atoms with Gasteiger partial charge in [0.2, 0.25) is 5.91 Å². The van der Waals surface area contributed by atoms with Crippen molar-refractivity contribution >= 4 is 23.6 Å². The standard InChI is InChI=1S/C23H27ClN2O4/c1-2-20(25-22(28)30-16-17-6-4-3-5-7-17)21(27)26-14-12-23(29,13-15-26)18-8-10-19(24)11-9-18/h3-11,20,29H,2,12-16H2,1H3,(H,25,28)/t20-/m1/s1. The molecule has 1 atom stereocenters. The summed E-state index contributed by atoms with van der Waals surface area (Å²) in [6.07, 6.45) is 0.690. The summed E-state index contributed by atoms with van der Waals surface area (Å²) < 4.78 is 5.23. The average Bonchev–Trinajstić information content (AvgIpc) is 2.77. The normalized spacial score (nSPS) is 16.6. The first kappa shape index (κ1) is 22.1. The van der Waals surface area contributed by atoms with Crippen LogP contribution in [0.25, 0.3) is 0 Å². The number of hydrogen-bond acceptors (Lipinski definition) is 4. The molecule has 1 aliphatic rings. The molecule has 2 amide bonds. The highest BCUT2D eigenvalue weighted by Gasteiger charge is 2.37. The Morgan fingerprint density at radius 2 is 1.77 bits per heavy atom. The molecule has 0 saturated carbocycles. The lowest BCUT2D eigenvalue weighted by Crippen LogP contribution is -2.52. The van der Waals surface area contributed by atoms with Crippen molar-refractivity contribution in [2.75, 3.05) is 13.1 Å². The van der Waals surface area contributed by atoms with Gasteiger partial charge in [0.15, 0.2) is 0 Å². The fraction of sp³-hybridized carbons (Fsp3) is 0.391. The maximum Gasteiger partial charge on any atom is 0.408 e. The van der Waals surface area contributed by atoms with Crippen LogP contribution < -0.4 is 5.32 Å². The fourth-order valence-corrected chi connectivity index (χ4v) is 3.74. The van der Waals surface area contributed by atoms with Crippen LogP contribution in [0, 0.1) is 0 Å². The summed E-state index contributed by atoms with van der Waals surface area (Å²) in [5.41, 5.74) is 0.698. The van der Waals surface area contributed by atoms with Crippen LogP contribution in [0.15, 0.2) is 54.6 Å². The van der Waals surface area contributed by atoms with E-state index in [9.17, 15) is 14.7 Å². The van der Waals surface area contributed by atoms with Gasteiger partial charge in [-0.05, 0) is 42.5 Å². The SMILES string of the molecule is CC[C@@H](NC(=O)OCc1ccccc1)C(=O)N1CCC(O)(c2ccc(Cl)cc2)CC1. The molecule has 0 unspecified atom stereocenters. The molecule has 2 aromatic rings. The van der Waals surface area contributed by atoms with Gasteiger partial charge in [0.25, 0.3) is 0 Å². The molecule has 3 rings (SSSR count). The van der Waals surface area contributed by atoms with Crippen molar-refractivity contribution in [2.45, 2.75) is 44.4 Å². The fourth-order valence-electron chi connectivity index (χ4n) is 3.61. The van der Waals surface area contributed by atoms with Gasteiger partial charge in [-0.1, -0.05) is 61.0 Å². The number of amides is 2. The highest BCUT2D eigenvalue weighted by atomic mass is 35.5. The maximum absolute atomic E-state index is 12.9. The molecular weight excluding hydrogens is 404 g/mol. The van der Waals surface area contributed by atoms with Crippen LogP contribution >= 0.6 is 11.6 Å². The number of piperidine rings is 1. The number of aliphatic hydroxyl groups is 1. The quantitative estimate of drug-likeness (QED) is 0.729. The minimum absolute atomic E-state index is 0.148. The second-order valence-electron chi connectivity index (χ2n) is 7.53. The lowest BCUT2D eigenvalue weighted by Gasteiger charge is -2.39. The number of alkyl carbamates (subject to hydrolysis) is 1. The number of rotatable bonds is 6. The first-order valence-corrected chi connectivity index (χ1v) is 10.5. The second kappa shape index (κ2) is 9.96. The molecule has 1 heterocycles. The minimum atomic E-state index is -0.981. The van der Waals surface area contributed by atoms with Crippen LogP contribution in [0.3, 0.4) is 0 Å². The molecule has 2 aromatic carbocycles. The monoisotopic (exact) mass is 430 g/mol. The van der Waals surface area contributed by atoms with E-state index in [1.165, 1.54) is 0 Å². The summed E-state index contributed by atoms with van der Waals surface area (Å²) in [7, 11) is 0. The average molecular weight is 431 g/mol. The van der Waals surface area contributed by atoms with Crippen LogP contribution in [0.4, 0.5) is 4.79 Å². The van der Waals surface area contributed by atoms with Crippen LogP contribution in [-0.2, 0) is 21.7 Å². The van der Waals surface area contributed by atoms with Crippen molar-refractivity contribution in [3.05, 3.63) is 70.7 Å². The summed E-state index contributed by atoms with van der Waals surface area (Å²) in [6, 6.07) is 15.9. The Kier molecular flexibility index (Phi) is 7.34. The third-order valence-electron chi connectivity index (χ3n) is 5.50. The second-order valence-corrected chi connectivity index (χ2v) is 7.97. The van der Waals surface area contributed by atoms with Crippen molar-refractivity contribution in [2.24, 2.45) is 0 Å². The Morgan fingerprint density at radius 3 is 2.37 bits per heavy atom. The van der Waals surface area contributed by atoms with Gasteiger partial charge in [-0.3, -0.25) is 4.79 Å². The van der Waals surface area contributed by atoms with Gasteiger partial charge in [0.05, 0.1) is 5.60 Å². The third-order valence-corrected chi connectivity index (χ3v) is 5.75. The summed E-state index contributed by atoms with van der Waals surface area (Å²) in [5.74, 6) is -0.160. The number of carbonyl (C=O) groups excluding carboxylic acids is 2. The van der Waals surface area contributed by atoms with Crippen molar-refractivity contribution in [3.63, 3.8) is 0 Å². The number of benzene rings is 2. The van der Waals surface area contributed by atoms with E-state index in [1.54, 1.807) is 17.0 Å². The van der Waals surface area contributed by atoms with Crippen LogP contribution in [0.1, 0.15) is 37.3 Å². The van der Waals surface area contributed by atoms with Gasteiger partial charge in [-0.15, -0.1) is 0 Å². The Hall–Kier alpha value is -2.57. The predicted molar refractivity (Wildman–Crippen MR) is 115 cm³/mol. The molecule has 7 heteroatoms. The lowest BCUT2D eigenvalue weighted by atomic mass is 9.84. The van der Waals surface area contributed by atoms with E-state index < -0.39 is 17.7 Å². The first-order chi connectivity index (χ1) is 14.4. The van der Waals surface area contributed by atoms with Crippen molar-refractivity contribution < 1.29 is 19.4 Å². The lowest BCUT2D eigenvalue weighted by molar-refractivity contribution is -0.138. The van der Waals surface area contributed by atoms with E-state index in [0.29, 0.717) is 37.4 Å². The Morgan fingerprint density at radius 1 is 1.13 bits per heavy atom. The molecule has 160 valence electrons. The summed E-state index contributed by atoms with van der Waals surface area (Å²) >= 11 is 5.93. The Bertz CT molecular complexity index is 849. The molecule has 1 fully saturated rings. The zero-order valence-electron chi connectivity index (χ0n) is 17.0. The van der Waals surface area contributed by atoms with Crippen molar-refractivity contribution in [1.29, 1.82) is 0 Å². The number of halogens is 1. The maximum atomic E-state index is 12.9. The third kappa shape index (κ3) is 5.52. The number of carbonyl (C=O) groups is 2. The van der Waals surface area contributed by atoms with Crippen LogP contribution in [0.5, 0.6) is 0 Å². The molecule has 0 bridgehead atoms. The smallest absolute Gasteiger partial charge is 0.408 e. The van der Waals surface area contributed by atoms with E-state index >= 15 is 0 Å². The van der Waals surface area contributed by atoms with E-state index in [-0.39, 0.29) is 12.5 Å². The zero-order valence-corrected chi connectivity index (χ0v) is 17.8. The highest BCUT2D eigenvalue weighted by Crippen LogP contribution is 2.33. The minimum Gasteiger partial charge on any atom is -0.445 e. The van der Waals surface area contributed by atoms with E-state index in [0.717, 1.165) is 11.1 Å². The Balaban J connectivity index is 1.52. The van der Waals surface area contributed by atoms with E-state index in [1.807, 2.05) is 49.4 Å². The summed E-state index contributed by atoms with van der Waals surface area (Å²) in [5, 5.41) is 14.3. The molecule has 0 aromatic heterocycles.